The summed E-state index contributed by atoms with van der Waals surface area (Å²) in [6.07, 6.45) is 1.37. The van der Waals surface area contributed by atoms with Crippen molar-refractivity contribution < 1.29 is 37.0 Å². The van der Waals surface area contributed by atoms with E-state index in [9.17, 15) is 18.4 Å². The quantitative estimate of drug-likeness (QED) is 0.449. The van der Waals surface area contributed by atoms with Gasteiger partial charge in [-0.15, -0.1) is 0 Å². The smallest absolute Gasteiger partial charge is 0.408 e. The third-order valence-electron chi connectivity index (χ3n) is 6.65. The van der Waals surface area contributed by atoms with Crippen molar-refractivity contribution in [1.82, 2.24) is 20.1 Å². The summed E-state index contributed by atoms with van der Waals surface area (Å²) in [5, 5.41) is 2.71. The Morgan fingerprint density at radius 3 is 2.55 bits per heavy atom. The fourth-order valence-electron chi connectivity index (χ4n) is 4.47. The summed E-state index contributed by atoms with van der Waals surface area (Å²) < 4.78 is 47.9. The number of nitrogens with one attached hydrogen (secondary N) is 1. The normalized spacial score (nSPS) is 18.9. The van der Waals surface area contributed by atoms with Crippen LogP contribution in [0.2, 0.25) is 0 Å². The Kier molecular flexibility index (Phi) is 8.86. The molecule has 2 fully saturated rings. The minimum atomic E-state index is -3.02. The van der Waals surface area contributed by atoms with E-state index in [-0.39, 0.29) is 40.8 Å². The highest BCUT2D eigenvalue weighted by atomic mass is 19.3. The Balaban J connectivity index is 1.68. The van der Waals surface area contributed by atoms with Gasteiger partial charge in [-0.2, -0.15) is 8.78 Å². The molecule has 1 aliphatic heterocycles. The lowest BCUT2D eigenvalue weighted by Crippen LogP contribution is -2.53. The molecule has 10 nitrogen and oxygen atoms in total. The zero-order chi connectivity index (χ0) is 29.2. The number of amides is 2. The fourth-order valence-corrected chi connectivity index (χ4v) is 4.47. The van der Waals surface area contributed by atoms with Crippen LogP contribution in [0.4, 0.5) is 13.6 Å². The van der Waals surface area contributed by atoms with Crippen LogP contribution in [-0.2, 0) is 4.74 Å². The molecule has 1 aromatic carbocycles. The van der Waals surface area contributed by atoms with Gasteiger partial charge in [0.05, 0.1) is 12.6 Å². The Hall–Kier alpha value is -3.41. The first kappa shape index (κ1) is 29.6. The van der Waals surface area contributed by atoms with Gasteiger partial charge >= 0.3 is 12.7 Å². The maximum Gasteiger partial charge on any atom is 0.408 e. The van der Waals surface area contributed by atoms with E-state index in [1.807, 2.05) is 14.0 Å². The molecule has 1 unspecified atom stereocenters. The van der Waals surface area contributed by atoms with Crippen molar-refractivity contribution in [3.05, 3.63) is 29.7 Å². The van der Waals surface area contributed by atoms with E-state index in [2.05, 4.69) is 19.9 Å². The average Bonchev–Trinajstić information content (AvgIpc) is 3.56. The van der Waals surface area contributed by atoms with E-state index in [1.165, 1.54) is 18.2 Å². The second kappa shape index (κ2) is 12.0. The number of carbonyl (C=O) groups excluding carboxylic acids is 2. The third-order valence-corrected chi connectivity index (χ3v) is 6.65. The number of likely N-dealkylation sites (N-methyl/N-ethyl adjacent to an activating group) is 1. The molecule has 1 aromatic heterocycles. The number of piperazine rings is 1. The van der Waals surface area contributed by atoms with Crippen molar-refractivity contribution in [3.8, 4) is 23.0 Å². The Morgan fingerprint density at radius 2 is 1.93 bits per heavy atom. The van der Waals surface area contributed by atoms with E-state index in [1.54, 1.807) is 32.6 Å². The molecule has 2 amide bonds. The highest BCUT2D eigenvalue weighted by Gasteiger charge is 2.34. The van der Waals surface area contributed by atoms with Gasteiger partial charge in [0.2, 0.25) is 5.89 Å². The van der Waals surface area contributed by atoms with Gasteiger partial charge in [-0.25, -0.2) is 9.78 Å². The van der Waals surface area contributed by atoms with Gasteiger partial charge < -0.3 is 33.7 Å². The zero-order valence-corrected chi connectivity index (χ0v) is 23.8. The van der Waals surface area contributed by atoms with Crippen LogP contribution in [0.1, 0.15) is 69.8 Å². The molecule has 1 saturated carbocycles. The number of nitrogens with zero attached hydrogens (tertiary/aromatic N) is 3. The van der Waals surface area contributed by atoms with Gasteiger partial charge in [0.15, 0.2) is 23.0 Å². The lowest BCUT2D eigenvalue weighted by molar-refractivity contribution is -0.0515. The summed E-state index contributed by atoms with van der Waals surface area (Å²) in [5.74, 6) is 0.319. The van der Waals surface area contributed by atoms with Gasteiger partial charge in [-0.1, -0.05) is 0 Å². The first-order valence-electron chi connectivity index (χ1n) is 13.5. The van der Waals surface area contributed by atoms with Crippen molar-refractivity contribution in [2.75, 3.05) is 33.3 Å². The molecular formula is C28H38F2N4O6. The number of benzene rings is 1. The molecule has 40 heavy (non-hydrogen) atoms. The Bertz CT molecular complexity index is 1210. The summed E-state index contributed by atoms with van der Waals surface area (Å²) in [6.45, 7) is 8.14. The van der Waals surface area contributed by atoms with Crippen LogP contribution in [0.25, 0.3) is 11.5 Å². The number of ether oxygens (including phenoxy) is 3. The molecule has 4 rings (SSSR count). The minimum Gasteiger partial charge on any atom is -0.489 e. The molecule has 2 aliphatic rings. The fraction of sp³-hybridized carbons (Fsp3) is 0.607. The average molecular weight is 565 g/mol. The highest BCUT2D eigenvalue weighted by molar-refractivity contribution is 5.94. The molecule has 0 spiro atoms. The summed E-state index contributed by atoms with van der Waals surface area (Å²) >= 11 is 0. The van der Waals surface area contributed by atoms with Crippen LogP contribution in [0, 0.1) is 5.92 Å². The van der Waals surface area contributed by atoms with Gasteiger partial charge in [0.1, 0.15) is 5.60 Å². The summed E-state index contributed by atoms with van der Waals surface area (Å²) in [4.78, 5) is 34.7. The number of alkyl halides is 2. The predicted molar refractivity (Wildman–Crippen MR) is 143 cm³/mol. The molecule has 2 heterocycles. The van der Waals surface area contributed by atoms with E-state index in [0.717, 1.165) is 12.8 Å². The summed E-state index contributed by atoms with van der Waals surface area (Å²) in [5.41, 5.74) is -0.254. The monoisotopic (exact) mass is 564 g/mol. The second-order valence-electron chi connectivity index (χ2n) is 11.5. The van der Waals surface area contributed by atoms with Crippen molar-refractivity contribution in [3.63, 3.8) is 0 Å². The first-order valence-corrected chi connectivity index (χ1v) is 13.5. The number of rotatable bonds is 9. The molecule has 1 saturated heterocycles. The van der Waals surface area contributed by atoms with Gasteiger partial charge in [0.25, 0.3) is 5.91 Å². The number of carbonyl (C=O) groups is 2. The van der Waals surface area contributed by atoms with Crippen LogP contribution in [-0.4, -0.2) is 78.3 Å². The van der Waals surface area contributed by atoms with E-state index in [0.29, 0.717) is 37.7 Å². The van der Waals surface area contributed by atoms with Crippen LogP contribution in [0.3, 0.4) is 0 Å². The molecular weight excluding hydrogens is 526 g/mol. The minimum absolute atomic E-state index is 0.0586. The maximum atomic E-state index is 13.7. The SMILES string of the molecule is CC1CN(C)CCN1C(=O)c1nc(-c2ccc(OC(F)F)c(OCC3CC3)c2)oc1[C@H](C)NC(=O)OC(C)(C)C. The highest BCUT2D eigenvalue weighted by Crippen LogP contribution is 2.37. The van der Waals surface area contributed by atoms with Crippen LogP contribution in [0.15, 0.2) is 22.6 Å². The molecule has 220 valence electrons. The predicted octanol–water partition coefficient (Wildman–Crippen LogP) is 5.09. The molecule has 12 heteroatoms. The lowest BCUT2D eigenvalue weighted by Gasteiger charge is -2.38. The number of alkyl carbamates (subject to hydrolysis) is 1. The van der Waals surface area contributed by atoms with Crippen LogP contribution in [0.5, 0.6) is 11.5 Å². The van der Waals surface area contributed by atoms with Crippen LogP contribution < -0.4 is 14.8 Å². The van der Waals surface area contributed by atoms with E-state index >= 15 is 0 Å². The topological polar surface area (TPSA) is 106 Å². The molecule has 0 bridgehead atoms. The molecule has 1 aliphatic carbocycles. The van der Waals surface area contributed by atoms with Crippen molar-refractivity contribution in [1.29, 1.82) is 0 Å². The largest absolute Gasteiger partial charge is 0.489 e. The molecule has 2 aromatic rings. The van der Waals surface area contributed by atoms with E-state index < -0.39 is 24.3 Å². The maximum absolute atomic E-state index is 13.7. The van der Waals surface area contributed by atoms with Crippen molar-refractivity contribution in [2.24, 2.45) is 5.92 Å². The number of aromatic nitrogens is 1. The van der Waals surface area contributed by atoms with Crippen molar-refractivity contribution in [2.45, 2.75) is 71.8 Å². The number of hydrogen-bond donors (Lipinski definition) is 1. The third kappa shape index (κ3) is 7.61. The number of hydrogen-bond acceptors (Lipinski definition) is 8. The molecule has 2 atom stereocenters. The first-order chi connectivity index (χ1) is 18.8. The summed E-state index contributed by atoms with van der Waals surface area (Å²) in [7, 11) is 2.00. The second-order valence-corrected chi connectivity index (χ2v) is 11.5. The van der Waals surface area contributed by atoms with Crippen LogP contribution >= 0.6 is 0 Å². The molecule has 1 N–H and O–H groups in total. The lowest BCUT2D eigenvalue weighted by atomic mass is 10.1. The zero-order valence-electron chi connectivity index (χ0n) is 23.8. The standard InChI is InChI=1S/C28H38F2N4O6/c1-16-14-33(6)11-12-34(16)25(35)22-23(17(2)31-27(36)40-28(3,4)5)39-24(32-22)19-9-10-20(38-26(29)30)21(13-19)37-15-18-7-8-18/h9-10,13,16-18,26H,7-8,11-12,14-15H2,1-6H3,(H,31,36)/t16?,17-/m0/s1. The number of oxazole rings is 1. The Morgan fingerprint density at radius 1 is 1.20 bits per heavy atom. The van der Waals surface area contributed by atoms with Gasteiger partial charge in [-0.3, -0.25) is 4.79 Å². The molecule has 0 radical (unpaired) electrons. The van der Waals surface area contributed by atoms with Gasteiger partial charge in [0, 0.05) is 31.2 Å². The Labute approximate surface area is 232 Å². The van der Waals surface area contributed by atoms with E-state index in [4.69, 9.17) is 13.9 Å². The van der Waals surface area contributed by atoms with Crippen molar-refractivity contribution >= 4 is 12.0 Å². The van der Waals surface area contributed by atoms with Gasteiger partial charge in [-0.05, 0) is 78.6 Å². The number of halogens is 2. The summed E-state index contributed by atoms with van der Waals surface area (Å²) in [6, 6.07) is 3.55.